The predicted molar refractivity (Wildman–Crippen MR) is 97.0 cm³/mol. The Morgan fingerprint density at radius 3 is 2.72 bits per heavy atom. The molecule has 1 aliphatic rings. The van der Waals surface area contributed by atoms with Gasteiger partial charge in [0.05, 0.1) is 17.5 Å². The molecule has 0 aliphatic carbocycles. The van der Waals surface area contributed by atoms with Crippen molar-refractivity contribution in [1.82, 2.24) is 9.55 Å². The topological polar surface area (TPSA) is 94.5 Å². The molecule has 3 N–H and O–H groups in total. The molecule has 0 radical (unpaired) electrons. The van der Waals surface area contributed by atoms with Crippen molar-refractivity contribution in [3.05, 3.63) is 64.4 Å². The molecule has 1 aliphatic heterocycles. The first-order valence-electron chi connectivity index (χ1n) is 8.01. The van der Waals surface area contributed by atoms with E-state index in [-0.39, 0.29) is 11.5 Å². The van der Waals surface area contributed by atoms with Gasteiger partial charge in [-0.2, -0.15) is 4.98 Å². The number of hydrogen-bond donors (Lipinski definition) is 2. The van der Waals surface area contributed by atoms with Crippen LogP contribution in [0.25, 0.3) is 10.9 Å². The highest BCUT2D eigenvalue weighted by atomic mass is 16.5. The van der Waals surface area contributed by atoms with Crippen LogP contribution < -0.4 is 21.3 Å². The summed E-state index contributed by atoms with van der Waals surface area (Å²) >= 11 is 0. The van der Waals surface area contributed by atoms with Crippen molar-refractivity contribution in [3.8, 4) is 5.75 Å². The maximum absolute atomic E-state index is 12.3. The van der Waals surface area contributed by atoms with Gasteiger partial charge in [-0.1, -0.05) is 24.3 Å². The molecule has 7 heteroatoms. The summed E-state index contributed by atoms with van der Waals surface area (Å²) < 4.78 is 7.37. The van der Waals surface area contributed by atoms with E-state index < -0.39 is 6.17 Å². The summed E-state index contributed by atoms with van der Waals surface area (Å²) in [4.78, 5) is 20.9. The van der Waals surface area contributed by atoms with Crippen molar-refractivity contribution >= 4 is 22.8 Å². The predicted octanol–water partition coefficient (Wildman–Crippen LogP) is 2.08. The van der Waals surface area contributed by atoms with Crippen LogP contribution >= 0.6 is 0 Å². The van der Waals surface area contributed by atoms with E-state index in [1.54, 1.807) is 6.07 Å². The number of aromatic nitrogens is 2. The molecule has 0 amide bonds. The molecule has 0 saturated heterocycles. The zero-order chi connectivity index (χ0) is 17.4. The number of nitrogens with zero attached hydrogens (tertiary/aromatic N) is 3. The van der Waals surface area contributed by atoms with E-state index in [9.17, 15) is 4.79 Å². The lowest BCUT2D eigenvalue weighted by atomic mass is 10.1. The average Bonchev–Trinajstić information content (AvgIpc) is 2.62. The first-order chi connectivity index (χ1) is 12.2. The molecule has 1 atom stereocenters. The summed E-state index contributed by atoms with van der Waals surface area (Å²) in [5.74, 6) is 1.40. The number of rotatable bonds is 3. The molecular formula is C18H17N5O2. The molecule has 0 fully saturated rings. The van der Waals surface area contributed by atoms with Crippen LogP contribution in [0.5, 0.6) is 5.75 Å². The molecule has 25 heavy (non-hydrogen) atoms. The number of aliphatic imine (C=N–C) groups is 1. The van der Waals surface area contributed by atoms with Gasteiger partial charge in [0.2, 0.25) is 5.95 Å². The van der Waals surface area contributed by atoms with Gasteiger partial charge in [-0.05, 0) is 36.8 Å². The van der Waals surface area contributed by atoms with Crippen molar-refractivity contribution in [1.29, 1.82) is 0 Å². The second kappa shape index (κ2) is 5.94. The molecule has 0 unspecified atom stereocenters. The monoisotopic (exact) mass is 335 g/mol. The quantitative estimate of drug-likeness (QED) is 0.764. The van der Waals surface area contributed by atoms with Crippen LogP contribution in [-0.4, -0.2) is 22.1 Å². The van der Waals surface area contributed by atoms with Gasteiger partial charge in [-0.15, -0.1) is 0 Å². The molecule has 4 rings (SSSR count). The Kier molecular flexibility index (Phi) is 3.61. The van der Waals surface area contributed by atoms with E-state index in [2.05, 4.69) is 15.3 Å². The van der Waals surface area contributed by atoms with Gasteiger partial charge < -0.3 is 10.5 Å². The molecule has 0 saturated carbocycles. The van der Waals surface area contributed by atoms with Gasteiger partial charge in [-0.25, -0.2) is 4.99 Å². The maximum atomic E-state index is 12.3. The molecule has 7 nitrogen and oxygen atoms in total. The molecular weight excluding hydrogens is 318 g/mol. The van der Waals surface area contributed by atoms with Gasteiger partial charge in [0.25, 0.3) is 5.56 Å². The maximum Gasteiger partial charge on any atom is 0.282 e. The highest BCUT2D eigenvalue weighted by Gasteiger charge is 2.24. The van der Waals surface area contributed by atoms with Crippen molar-refractivity contribution in [2.24, 2.45) is 10.7 Å². The Hall–Kier alpha value is -3.35. The van der Waals surface area contributed by atoms with Crippen LogP contribution in [-0.2, 0) is 0 Å². The fourth-order valence-corrected chi connectivity index (χ4v) is 2.99. The van der Waals surface area contributed by atoms with Gasteiger partial charge >= 0.3 is 0 Å². The number of para-hydroxylation sites is 1. The van der Waals surface area contributed by atoms with Gasteiger partial charge in [0.15, 0.2) is 12.1 Å². The summed E-state index contributed by atoms with van der Waals surface area (Å²) in [6.45, 7) is 2.55. The summed E-state index contributed by atoms with van der Waals surface area (Å²) in [5, 5.41) is 3.42. The summed E-state index contributed by atoms with van der Waals surface area (Å²) in [5.41, 5.74) is 7.28. The number of guanidine groups is 1. The number of anilines is 1. The third-order valence-electron chi connectivity index (χ3n) is 4.06. The second-order valence-electron chi connectivity index (χ2n) is 5.64. The minimum Gasteiger partial charge on any atom is -0.494 e. The molecule has 2 aromatic carbocycles. The second-order valence-corrected chi connectivity index (χ2v) is 5.64. The molecule has 1 aromatic heterocycles. The van der Waals surface area contributed by atoms with E-state index in [0.717, 1.165) is 16.8 Å². The zero-order valence-corrected chi connectivity index (χ0v) is 13.6. The lowest BCUT2D eigenvalue weighted by molar-refractivity contribution is 0.340. The summed E-state index contributed by atoms with van der Waals surface area (Å²) in [6.07, 6.45) is -0.412. The molecule has 0 bridgehead atoms. The Labute approximate surface area is 143 Å². The van der Waals surface area contributed by atoms with E-state index in [1.165, 1.54) is 0 Å². The largest absolute Gasteiger partial charge is 0.494 e. The number of benzene rings is 2. The minimum atomic E-state index is -0.412. The third-order valence-corrected chi connectivity index (χ3v) is 4.06. The van der Waals surface area contributed by atoms with E-state index in [1.807, 2.05) is 54.0 Å². The highest BCUT2D eigenvalue weighted by molar-refractivity contribution is 5.93. The SMILES string of the molecule is CCOc1ccc([C@H]2N=C(N)Nc3nc(=O)c4ccccc4n32)cc1. The van der Waals surface area contributed by atoms with E-state index in [4.69, 9.17) is 10.5 Å². The number of fused-ring (bicyclic) bond motifs is 3. The summed E-state index contributed by atoms with van der Waals surface area (Å²) in [6, 6.07) is 15.0. The Morgan fingerprint density at radius 2 is 1.96 bits per heavy atom. The minimum absolute atomic E-state index is 0.223. The molecule has 3 aromatic rings. The standard InChI is InChI=1S/C18H17N5O2/c1-2-25-12-9-7-11(8-10-12)15-20-17(19)22-18-21-16(24)13-5-3-4-6-14(13)23(15)18/h3-10,15H,2H2,1H3,(H3,19,20,21,22,24)/t15-/m0/s1. The number of nitrogens with one attached hydrogen (secondary N) is 1. The van der Waals surface area contributed by atoms with E-state index in [0.29, 0.717) is 17.9 Å². The number of hydrogen-bond acceptors (Lipinski definition) is 6. The Morgan fingerprint density at radius 1 is 1.20 bits per heavy atom. The van der Waals surface area contributed by atoms with Crippen LogP contribution in [0.2, 0.25) is 0 Å². The third kappa shape index (κ3) is 2.59. The van der Waals surface area contributed by atoms with Crippen molar-refractivity contribution in [2.75, 3.05) is 11.9 Å². The van der Waals surface area contributed by atoms with Crippen LogP contribution in [0.3, 0.4) is 0 Å². The number of ether oxygens (including phenoxy) is 1. The number of nitrogens with two attached hydrogens (primary N) is 1. The smallest absolute Gasteiger partial charge is 0.282 e. The highest BCUT2D eigenvalue weighted by Crippen LogP contribution is 2.30. The fourth-order valence-electron chi connectivity index (χ4n) is 2.99. The fraction of sp³-hybridized carbons (Fsp3) is 0.167. The summed E-state index contributed by atoms with van der Waals surface area (Å²) in [7, 11) is 0. The first kappa shape index (κ1) is 15.2. The van der Waals surface area contributed by atoms with Crippen LogP contribution in [0.4, 0.5) is 5.95 Å². The lowest BCUT2D eigenvalue weighted by Gasteiger charge is -2.27. The van der Waals surface area contributed by atoms with Crippen LogP contribution in [0, 0.1) is 0 Å². The Bertz CT molecular complexity index is 1020. The van der Waals surface area contributed by atoms with Crippen molar-refractivity contribution in [2.45, 2.75) is 13.1 Å². The average molecular weight is 335 g/mol. The molecule has 2 heterocycles. The van der Waals surface area contributed by atoms with Crippen molar-refractivity contribution in [3.63, 3.8) is 0 Å². The van der Waals surface area contributed by atoms with Gasteiger partial charge in [-0.3, -0.25) is 14.7 Å². The van der Waals surface area contributed by atoms with Crippen molar-refractivity contribution < 1.29 is 4.74 Å². The first-order valence-corrected chi connectivity index (χ1v) is 8.01. The lowest BCUT2D eigenvalue weighted by Crippen LogP contribution is -2.34. The van der Waals surface area contributed by atoms with Gasteiger partial charge in [0.1, 0.15) is 5.75 Å². The normalized spacial score (nSPS) is 16.0. The Balaban J connectivity index is 1.91. The van der Waals surface area contributed by atoms with Gasteiger partial charge in [0, 0.05) is 0 Å². The molecule has 126 valence electrons. The zero-order valence-electron chi connectivity index (χ0n) is 13.6. The van der Waals surface area contributed by atoms with E-state index >= 15 is 0 Å². The van der Waals surface area contributed by atoms with Crippen LogP contribution in [0.15, 0.2) is 58.3 Å². The molecule has 0 spiro atoms. The van der Waals surface area contributed by atoms with Crippen LogP contribution in [0.1, 0.15) is 18.7 Å².